The Hall–Kier alpha value is -1.97. The zero-order valence-corrected chi connectivity index (χ0v) is 9.22. The summed E-state index contributed by atoms with van der Waals surface area (Å²) in [4.78, 5) is 12.3. The van der Waals surface area contributed by atoms with E-state index in [1.165, 1.54) is 5.56 Å². The van der Waals surface area contributed by atoms with Crippen LogP contribution in [-0.4, -0.2) is 21.5 Å². The molecule has 0 atom stereocenters. The number of nitrogens with one attached hydrogen (secondary N) is 1. The van der Waals surface area contributed by atoms with Gasteiger partial charge in [0.25, 0.3) is 0 Å². The van der Waals surface area contributed by atoms with Crippen molar-refractivity contribution in [2.24, 2.45) is 0 Å². The van der Waals surface area contributed by atoms with E-state index in [0.29, 0.717) is 0 Å². The number of nitrogens with zero attached hydrogens (tertiary/aromatic N) is 3. The van der Waals surface area contributed by atoms with E-state index in [1.807, 2.05) is 37.5 Å². The zero-order valence-electron chi connectivity index (χ0n) is 9.22. The Labute approximate surface area is 94.8 Å². The summed E-state index contributed by atoms with van der Waals surface area (Å²) in [7, 11) is 0. The summed E-state index contributed by atoms with van der Waals surface area (Å²) >= 11 is 0. The molecule has 2 aromatic heterocycles. The number of pyridine rings is 1. The third kappa shape index (κ3) is 3.02. The van der Waals surface area contributed by atoms with Crippen molar-refractivity contribution in [3.8, 4) is 0 Å². The molecule has 16 heavy (non-hydrogen) atoms. The highest BCUT2D eigenvalue weighted by Crippen LogP contribution is 2.02. The fourth-order valence-electron chi connectivity index (χ4n) is 1.44. The minimum Gasteiger partial charge on any atom is -0.370 e. The summed E-state index contributed by atoms with van der Waals surface area (Å²) in [5.74, 6) is 1.66. The first-order valence-electron chi connectivity index (χ1n) is 5.27. The molecule has 0 saturated heterocycles. The Morgan fingerprint density at radius 3 is 2.69 bits per heavy atom. The lowest BCUT2D eigenvalue weighted by molar-refractivity contribution is 0.978. The molecule has 0 aliphatic carbocycles. The SMILES string of the molecule is Cc1nccc(NCCc2ccncc2)n1. The van der Waals surface area contributed by atoms with Gasteiger partial charge < -0.3 is 5.32 Å². The quantitative estimate of drug-likeness (QED) is 0.843. The molecule has 4 nitrogen and oxygen atoms in total. The van der Waals surface area contributed by atoms with E-state index in [1.54, 1.807) is 6.20 Å². The van der Waals surface area contributed by atoms with Crippen LogP contribution in [0.25, 0.3) is 0 Å². The Bertz CT molecular complexity index is 442. The molecule has 0 radical (unpaired) electrons. The van der Waals surface area contributed by atoms with Gasteiger partial charge in [0.2, 0.25) is 0 Å². The number of aromatic nitrogens is 3. The van der Waals surface area contributed by atoms with Gasteiger partial charge in [0.05, 0.1) is 0 Å². The van der Waals surface area contributed by atoms with Crippen LogP contribution in [0.4, 0.5) is 5.82 Å². The predicted octanol–water partition coefficient (Wildman–Crippen LogP) is 1.83. The molecular weight excluding hydrogens is 200 g/mol. The summed E-state index contributed by atoms with van der Waals surface area (Å²) in [6.07, 6.45) is 6.34. The largest absolute Gasteiger partial charge is 0.370 e. The van der Waals surface area contributed by atoms with Gasteiger partial charge in [-0.2, -0.15) is 0 Å². The molecule has 0 fully saturated rings. The first-order chi connectivity index (χ1) is 7.84. The van der Waals surface area contributed by atoms with Crippen LogP contribution in [0.15, 0.2) is 36.8 Å². The third-order valence-corrected chi connectivity index (χ3v) is 2.25. The Kier molecular flexibility index (Phi) is 3.43. The molecule has 0 saturated carbocycles. The third-order valence-electron chi connectivity index (χ3n) is 2.25. The summed E-state index contributed by atoms with van der Waals surface area (Å²) in [5, 5.41) is 3.26. The van der Waals surface area contributed by atoms with Gasteiger partial charge in [-0.15, -0.1) is 0 Å². The van der Waals surface area contributed by atoms with E-state index in [9.17, 15) is 0 Å². The van der Waals surface area contributed by atoms with Gasteiger partial charge in [0, 0.05) is 25.1 Å². The van der Waals surface area contributed by atoms with E-state index in [4.69, 9.17) is 0 Å². The minimum atomic E-state index is 0.786. The Morgan fingerprint density at radius 2 is 1.94 bits per heavy atom. The fraction of sp³-hybridized carbons (Fsp3) is 0.250. The first kappa shape index (κ1) is 10.5. The molecule has 2 heterocycles. The Balaban J connectivity index is 1.85. The molecule has 4 heteroatoms. The normalized spacial score (nSPS) is 10.1. The van der Waals surface area contributed by atoms with E-state index in [0.717, 1.165) is 24.6 Å². The highest BCUT2D eigenvalue weighted by atomic mass is 15.0. The van der Waals surface area contributed by atoms with Gasteiger partial charge >= 0.3 is 0 Å². The highest BCUT2D eigenvalue weighted by molar-refractivity contribution is 5.33. The van der Waals surface area contributed by atoms with Gasteiger partial charge in [-0.3, -0.25) is 4.98 Å². The van der Waals surface area contributed by atoms with Crippen molar-refractivity contribution in [2.75, 3.05) is 11.9 Å². The molecule has 1 N–H and O–H groups in total. The van der Waals surface area contributed by atoms with Crippen LogP contribution in [-0.2, 0) is 6.42 Å². The number of hydrogen-bond acceptors (Lipinski definition) is 4. The maximum absolute atomic E-state index is 4.27. The number of hydrogen-bond donors (Lipinski definition) is 1. The summed E-state index contributed by atoms with van der Waals surface area (Å²) in [6, 6.07) is 5.92. The average Bonchev–Trinajstić information content (AvgIpc) is 2.30. The maximum atomic E-state index is 4.27. The van der Waals surface area contributed by atoms with Crippen LogP contribution in [0, 0.1) is 6.92 Å². The molecular formula is C12H14N4. The predicted molar refractivity (Wildman–Crippen MR) is 63.2 cm³/mol. The van der Waals surface area contributed by atoms with Gasteiger partial charge in [-0.1, -0.05) is 0 Å². The van der Waals surface area contributed by atoms with Gasteiger partial charge in [0.15, 0.2) is 0 Å². The second-order valence-electron chi connectivity index (χ2n) is 3.52. The second kappa shape index (κ2) is 5.21. The smallest absolute Gasteiger partial charge is 0.129 e. The van der Waals surface area contributed by atoms with Crippen LogP contribution in [0.2, 0.25) is 0 Å². The molecule has 0 amide bonds. The standard InChI is InChI=1S/C12H14N4/c1-10-14-9-5-12(16-10)15-8-4-11-2-6-13-7-3-11/h2-3,5-7,9H,4,8H2,1H3,(H,14,15,16). The number of anilines is 1. The number of rotatable bonds is 4. The van der Waals surface area contributed by atoms with Crippen molar-refractivity contribution in [1.29, 1.82) is 0 Å². The maximum Gasteiger partial charge on any atom is 0.129 e. The monoisotopic (exact) mass is 214 g/mol. The highest BCUT2D eigenvalue weighted by Gasteiger charge is 1.95. The lowest BCUT2D eigenvalue weighted by Crippen LogP contribution is -2.07. The van der Waals surface area contributed by atoms with Gasteiger partial charge in [-0.25, -0.2) is 9.97 Å². The molecule has 0 spiro atoms. The van der Waals surface area contributed by atoms with Crippen LogP contribution in [0.3, 0.4) is 0 Å². The van der Waals surface area contributed by atoms with Crippen molar-refractivity contribution < 1.29 is 0 Å². The molecule has 0 aromatic carbocycles. The molecule has 2 rings (SSSR count). The molecule has 0 aliphatic rings. The van der Waals surface area contributed by atoms with Crippen molar-refractivity contribution in [3.63, 3.8) is 0 Å². The van der Waals surface area contributed by atoms with Gasteiger partial charge in [0.1, 0.15) is 11.6 Å². The van der Waals surface area contributed by atoms with E-state index >= 15 is 0 Å². The average molecular weight is 214 g/mol. The van der Waals surface area contributed by atoms with Crippen LogP contribution >= 0.6 is 0 Å². The van der Waals surface area contributed by atoms with E-state index < -0.39 is 0 Å². The van der Waals surface area contributed by atoms with Crippen molar-refractivity contribution in [1.82, 2.24) is 15.0 Å². The lowest BCUT2D eigenvalue weighted by atomic mass is 10.2. The molecule has 0 unspecified atom stereocenters. The summed E-state index contributed by atoms with van der Waals surface area (Å²) in [6.45, 7) is 2.74. The molecule has 0 aliphatic heterocycles. The summed E-state index contributed by atoms with van der Waals surface area (Å²) < 4.78 is 0. The fourth-order valence-corrected chi connectivity index (χ4v) is 1.44. The molecule has 82 valence electrons. The van der Waals surface area contributed by atoms with Crippen molar-refractivity contribution in [2.45, 2.75) is 13.3 Å². The molecule has 0 bridgehead atoms. The number of aryl methyl sites for hydroxylation is 1. The first-order valence-corrected chi connectivity index (χ1v) is 5.27. The van der Waals surface area contributed by atoms with Crippen LogP contribution in [0.1, 0.15) is 11.4 Å². The zero-order chi connectivity index (χ0) is 11.2. The van der Waals surface area contributed by atoms with Crippen LogP contribution in [0.5, 0.6) is 0 Å². The van der Waals surface area contributed by atoms with E-state index in [-0.39, 0.29) is 0 Å². The minimum absolute atomic E-state index is 0.786. The van der Waals surface area contributed by atoms with Gasteiger partial charge in [-0.05, 0) is 37.1 Å². The Morgan fingerprint density at radius 1 is 1.12 bits per heavy atom. The second-order valence-corrected chi connectivity index (χ2v) is 3.52. The molecule has 2 aromatic rings. The van der Waals surface area contributed by atoms with Crippen molar-refractivity contribution >= 4 is 5.82 Å². The topological polar surface area (TPSA) is 50.7 Å². The summed E-state index contributed by atoms with van der Waals surface area (Å²) in [5.41, 5.74) is 1.27. The van der Waals surface area contributed by atoms with E-state index in [2.05, 4.69) is 20.3 Å². The van der Waals surface area contributed by atoms with Crippen LogP contribution < -0.4 is 5.32 Å². The van der Waals surface area contributed by atoms with Crippen molar-refractivity contribution in [3.05, 3.63) is 48.2 Å². The lowest BCUT2D eigenvalue weighted by Gasteiger charge is -2.05.